The van der Waals surface area contributed by atoms with Gasteiger partial charge < -0.3 is 84.0 Å². The zero-order valence-electron chi connectivity index (χ0n) is 40.1. The molecular formula is C45H65N11O17. The first kappa shape index (κ1) is 58.1. The number of primary amides is 2. The molecule has 3 aliphatic heterocycles. The summed E-state index contributed by atoms with van der Waals surface area (Å²) in [5.74, 6) is -12.2. The SMILES string of the molecule is C[C@@H](O)[C@H](NC(=O)[C@@H]1CCCN1C(=O)[C@@H]1CCCN1C(=O)[C@@H]1CCCN1C(=O)[C@H](CC(=O)O)NC(=O)[C@H](CO)NC(=O)[C@H](Cc1ccc(O)cc1)NC(=O)[C@H](CCC(N)=O)NC(=O)[C@@H](N)CCC(N)=O)C(=O)O. The van der Waals surface area contributed by atoms with Crippen LogP contribution in [0.4, 0.5) is 0 Å². The molecule has 402 valence electrons. The lowest BCUT2D eigenvalue weighted by Crippen LogP contribution is -2.61. The summed E-state index contributed by atoms with van der Waals surface area (Å²) < 4.78 is 0. The van der Waals surface area contributed by atoms with Gasteiger partial charge in [0.15, 0.2) is 6.04 Å². The van der Waals surface area contributed by atoms with Crippen LogP contribution in [0.15, 0.2) is 24.3 Å². The van der Waals surface area contributed by atoms with E-state index in [1.54, 1.807) is 0 Å². The van der Waals surface area contributed by atoms with Crippen molar-refractivity contribution in [1.82, 2.24) is 41.3 Å². The zero-order chi connectivity index (χ0) is 54.3. The maximum atomic E-state index is 14.3. The number of benzene rings is 1. The Balaban J connectivity index is 1.50. The predicted octanol–water partition coefficient (Wildman–Crippen LogP) is -5.88. The van der Waals surface area contributed by atoms with Gasteiger partial charge in [0.1, 0.15) is 48.0 Å². The van der Waals surface area contributed by atoms with Crippen molar-refractivity contribution >= 4 is 71.0 Å². The van der Waals surface area contributed by atoms with Crippen LogP contribution in [-0.4, -0.2) is 198 Å². The average Bonchev–Trinajstić information content (AvgIpc) is 4.14. The van der Waals surface area contributed by atoms with Gasteiger partial charge in [-0.15, -0.1) is 0 Å². The van der Waals surface area contributed by atoms with E-state index < -0.39 is 151 Å². The van der Waals surface area contributed by atoms with Crippen LogP contribution in [0.1, 0.15) is 83.1 Å². The Morgan fingerprint density at radius 3 is 1.63 bits per heavy atom. The number of aliphatic hydroxyl groups excluding tert-OH is 2. The standard InChI is InChI=1S/C45H65N11O17/c1-22(58)36(45(72)73)53-41(68)30-5-2-16-54(30)43(70)32-7-4-18-56(32)44(71)31-6-3-17-55(31)42(69)28(20-35(62)63)51-40(67)29(21-57)52-39(66)27(19-23-8-10-24(59)11-9-23)50-38(65)26(13-15-34(48)61)49-37(64)25(46)12-14-33(47)60/h8-11,22,25-32,36,57-59H,2-7,12-21,46H2,1H3,(H2,47,60)(H2,48,61)(H,49,64)(H,50,65)(H,51,67)(H,52,66)(H,53,68)(H,62,63)(H,72,73)/t22-,25+,26+,27+,28+,29+,30+,31+,32+,36+/m1/s1. The number of phenols is 1. The minimum atomic E-state index is -1.91. The van der Waals surface area contributed by atoms with E-state index in [1.165, 1.54) is 41.0 Å². The number of nitrogens with one attached hydrogen (secondary N) is 5. The van der Waals surface area contributed by atoms with Gasteiger partial charge >= 0.3 is 11.9 Å². The summed E-state index contributed by atoms with van der Waals surface area (Å²) in [4.78, 5) is 160. The van der Waals surface area contributed by atoms with E-state index in [-0.39, 0.29) is 76.8 Å². The number of carbonyl (C=O) groups excluding carboxylic acids is 10. The Labute approximate surface area is 418 Å². The van der Waals surface area contributed by atoms with Crippen LogP contribution in [0.25, 0.3) is 0 Å². The number of phenolic OH excluding ortho intramolecular Hbond substituents is 1. The van der Waals surface area contributed by atoms with Crippen molar-refractivity contribution in [2.75, 3.05) is 26.2 Å². The zero-order valence-corrected chi connectivity index (χ0v) is 40.1. The molecule has 16 N–H and O–H groups in total. The Bertz CT molecular complexity index is 2250. The van der Waals surface area contributed by atoms with Crippen molar-refractivity contribution < 1.29 is 83.1 Å². The van der Waals surface area contributed by atoms with Crippen molar-refractivity contribution in [3.8, 4) is 5.75 Å². The van der Waals surface area contributed by atoms with Gasteiger partial charge in [-0.05, 0) is 76.0 Å². The number of aliphatic carboxylic acids is 2. The van der Waals surface area contributed by atoms with Crippen molar-refractivity contribution in [1.29, 1.82) is 0 Å². The Hall–Kier alpha value is -7.46. The molecule has 0 aliphatic carbocycles. The summed E-state index contributed by atoms with van der Waals surface area (Å²) in [6.07, 6.45) is -2.64. The summed E-state index contributed by atoms with van der Waals surface area (Å²) in [5.41, 5.74) is 16.6. The highest BCUT2D eigenvalue weighted by atomic mass is 16.4. The van der Waals surface area contributed by atoms with Crippen LogP contribution in [-0.2, 0) is 64.0 Å². The van der Waals surface area contributed by atoms with Crippen LogP contribution in [0, 0.1) is 0 Å². The van der Waals surface area contributed by atoms with Gasteiger partial charge in [-0.2, -0.15) is 0 Å². The van der Waals surface area contributed by atoms with Crippen LogP contribution >= 0.6 is 0 Å². The number of aromatic hydroxyl groups is 1. The normalized spacial score (nSPS) is 20.3. The van der Waals surface area contributed by atoms with Crippen molar-refractivity contribution in [3.63, 3.8) is 0 Å². The number of hydrogen-bond donors (Lipinski definition) is 13. The molecule has 4 rings (SSSR count). The molecule has 0 bridgehead atoms. The topological polar surface area (TPSA) is 454 Å². The Morgan fingerprint density at radius 1 is 0.630 bits per heavy atom. The molecule has 0 radical (unpaired) electrons. The molecule has 10 atom stereocenters. The number of amides is 10. The van der Waals surface area contributed by atoms with Gasteiger partial charge in [0.2, 0.25) is 59.1 Å². The molecule has 3 heterocycles. The van der Waals surface area contributed by atoms with E-state index in [1.807, 2.05) is 0 Å². The summed E-state index contributed by atoms with van der Waals surface area (Å²) in [5, 5.41) is 60.9. The largest absolute Gasteiger partial charge is 0.508 e. The average molecular weight is 1030 g/mol. The van der Waals surface area contributed by atoms with E-state index in [9.17, 15) is 83.1 Å². The highest BCUT2D eigenvalue weighted by Crippen LogP contribution is 2.29. The van der Waals surface area contributed by atoms with Gasteiger partial charge in [0.05, 0.1) is 25.2 Å². The van der Waals surface area contributed by atoms with Crippen molar-refractivity contribution in [2.24, 2.45) is 17.2 Å². The Kier molecular flexibility index (Phi) is 21.4. The first-order valence-corrected chi connectivity index (χ1v) is 23.7. The van der Waals surface area contributed by atoms with E-state index >= 15 is 0 Å². The van der Waals surface area contributed by atoms with Gasteiger partial charge in [-0.25, -0.2) is 4.79 Å². The molecule has 10 amide bonds. The number of aliphatic hydroxyl groups is 2. The number of nitrogens with zero attached hydrogens (tertiary/aromatic N) is 3. The molecule has 0 spiro atoms. The molecule has 3 aliphatic rings. The predicted molar refractivity (Wildman–Crippen MR) is 249 cm³/mol. The third kappa shape index (κ3) is 16.3. The molecule has 73 heavy (non-hydrogen) atoms. The third-order valence-corrected chi connectivity index (χ3v) is 12.7. The van der Waals surface area contributed by atoms with Gasteiger partial charge in [-0.3, -0.25) is 52.7 Å². The molecule has 28 heteroatoms. The molecule has 3 saturated heterocycles. The molecule has 0 aromatic heterocycles. The summed E-state index contributed by atoms with van der Waals surface area (Å²) in [7, 11) is 0. The summed E-state index contributed by atoms with van der Waals surface area (Å²) in [6, 6.07) is -7.98. The number of nitrogens with two attached hydrogens (primary N) is 3. The maximum absolute atomic E-state index is 14.3. The fourth-order valence-electron chi connectivity index (χ4n) is 8.82. The Morgan fingerprint density at radius 2 is 1.10 bits per heavy atom. The number of carboxylic acid groups (broad SMARTS) is 2. The van der Waals surface area contributed by atoms with Crippen molar-refractivity contribution in [2.45, 2.75) is 144 Å². The lowest BCUT2D eigenvalue weighted by Gasteiger charge is -2.35. The molecule has 1 aromatic rings. The molecule has 3 fully saturated rings. The van der Waals surface area contributed by atoms with Gasteiger partial charge in [0.25, 0.3) is 0 Å². The van der Waals surface area contributed by atoms with E-state index in [4.69, 9.17) is 17.2 Å². The highest BCUT2D eigenvalue weighted by Gasteiger charge is 2.47. The lowest BCUT2D eigenvalue weighted by molar-refractivity contribution is -0.152. The van der Waals surface area contributed by atoms with E-state index in [0.29, 0.717) is 18.4 Å². The van der Waals surface area contributed by atoms with Crippen LogP contribution < -0.4 is 43.8 Å². The van der Waals surface area contributed by atoms with E-state index in [2.05, 4.69) is 26.6 Å². The molecule has 0 saturated carbocycles. The molecule has 1 aromatic carbocycles. The fraction of sp³-hybridized carbons (Fsp3) is 0.600. The quantitative estimate of drug-likeness (QED) is 0.0411. The maximum Gasteiger partial charge on any atom is 0.328 e. The summed E-state index contributed by atoms with van der Waals surface area (Å²) in [6.45, 7) is 0.168. The van der Waals surface area contributed by atoms with Crippen LogP contribution in [0.3, 0.4) is 0 Å². The molecule has 0 unspecified atom stereocenters. The minimum absolute atomic E-state index is 0.0743. The number of rotatable bonds is 26. The number of carboxylic acids is 2. The monoisotopic (exact) mass is 1030 g/mol. The first-order chi connectivity index (χ1) is 34.4. The van der Waals surface area contributed by atoms with E-state index in [0.717, 1.165) is 4.90 Å². The third-order valence-electron chi connectivity index (χ3n) is 12.7. The summed E-state index contributed by atoms with van der Waals surface area (Å²) >= 11 is 0. The molecular weight excluding hydrogens is 967 g/mol. The smallest absolute Gasteiger partial charge is 0.328 e. The van der Waals surface area contributed by atoms with Gasteiger partial charge in [-0.1, -0.05) is 12.1 Å². The second-order valence-electron chi connectivity index (χ2n) is 18.1. The number of carbonyl (C=O) groups is 12. The van der Waals surface area contributed by atoms with Crippen molar-refractivity contribution in [3.05, 3.63) is 29.8 Å². The van der Waals surface area contributed by atoms with Crippen LogP contribution in [0.2, 0.25) is 0 Å². The molecule has 28 nitrogen and oxygen atoms in total. The highest BCUT2D eigenvalue weighted by molar-refractivity contribution is 5.99. The second kappa shape index (κ2) is 26.8. The minimum Gasteiger partial charge on any atom is -0.508 e. The fourth-order valence-corrected chi connectivity index (χ4v) is 8.82. The van der Waals surface area contributed by atoms with Crippen LogP contribution in [0.5, 0.6) is 5.75 Å². The second-order valence-corrected chi connectivity index (χ2v) is 18.1. The number of hydrogen-bond acceptors (Lipinski definition) is 16. The lowest BCUT2D eigenvalue weighted by atomic mass is 10.0. The van der Waals surface area contributed by atoms with Gasteiger partial charge in [0, 0.05) is 38.9 Å². The number of likely N-dealkylation sites (tertiary alicyclic amines) is 3. The first-order valence-electron chi connectivity index (χ1n) is 23.7.